The average Bonchev–Trinajstić information content (AvgIpc) is 2.86. The topological polar surface area (TPSA) is 81.1 Å². The molecule has 6 nitrogen and oxygen atoms in total. The molecule has 0 radical (unpaired) electrons. The third-order valence-electron chi connectivity index (χ3n) is 4.50. The van der Waals surface area contributed by atoms with Gasteiger partial charge in [-0.2, -0.15) is 13.2 Å². The zero-order valence-electron chi connectivity index (χ0n) is 11.9. The van der Waals surface area contributed by atoms with Gasteiger partial charge < -0.3 is 15.1 Å². The molecule has 2 unspecified atom stereocenters. The lowest BCUT2D eigenvalue weighted by molar-refractivity contribution is -0.178. The Kier molecular flexibility index (Phi) is 4.84. The number of alkyl halides is 3. The Morgan fingerprint density at radius 1 is 1.14 bits per heavy atom. The molecule has 0 aromatic carbocycles. The van der Waals surface area contributed by atoms with Crippen molar-refractivity contribution >= 4 is 12.1 Å². The van der Waals surface area contributed by atoms with E-state index in [1.54, 1.807) is 0 Å². The number of carboxylic acid groups (broad SMARTS) is 2. The molecule has 0 aromatic rings. The Labute approximate surface area is 125 Å². The molecule has 2 N–H and O–H groups in total. The van der Waals surface area contributed by atoms with Crippen LogP contribution in [-0.2, 0) is 4.79 Å². The number of nitrogens with zero attached hydrogens (tertiary/aromatic N) is 2. The van der Waals surface area contributed by atoms with E-state index in [1.807, 2.05) is 0 Å². The van der Waals surface area contributed by atoms with Gasteiger partial charge in [0.1, 0.15) is 6.04 Å². The second-order valence-electron chi connectivity index (χ2n) is 5.88. The van der Waals surface area contributed by atoms with Gasteiger partial charge in [-0.1, -0.05) is 0 Å². The van der Waals surface area contributed by atoms with Crippen molar-refractivity contribution in [1.82, 2.24) is 9.80 Å². The highest BCUT2D eigenvalue weighted by atomic mass is 19.4. The van der Waals surface area contributed by atoms with Crippen LogP contribution in [0, 0.1) is 5.92 Å². The third-order valence-corrected chi connectivity index (χ3v) is 4.50. The van der Waals surface area contributed by atoms with Gasteiger partial charge in [0.2, 0.25) is 0 Å². The number of rotatable bonds is 3. The maximum Gasteiger partial charge on any atom is 0.407 e. The Morgan fingerprint density at radius 3 is 2.36 bits per heavy atom. The molecule has 2 fully saturated rings. The van der Waals surface area contributed by atoms with E-state index < -0.39 is 36.2 Å². The Morgan fingerprint density at radius 2 is 1.82 bits per heavy atom. The van der Waals surface area contributed by atoms with Crippen molar-refractivity contribution in [2.75, 3.05) is 19.6 Å². The summed E-state index contributed by atoms with van der Waals surface area (Å²) in [6.07, 6.45) is -4.89. The lowest BCUT2D eigenvalue weighted by atomic mass is 9.90. The molecule has 2 saturated heterocycles. The first-order valence-corrected chi connectivity index (χ1v) is 7.23. The molecule has 2 aliphatic rings. The fourth-order valence-corrected chi connectivity index (χ4v) is 3.39. The SMILES string of the molecule is O=C(O)C1CCN(C(=O)O)C(CN2CCC[C@@H]2C(F)(F)F)C1. The monoisotopic (exact) mass is 324 g/mol. The summed E-state index contributed by atoms with van der Waals surface area (Å²) in [4.78, 5) is 24.6. The second-order valence-corrected chi connectivity index (χ2v) is 5.88. The van der Waals surface area contributed by atoms with Crippen LogP contribution < -0.4 is 0 Å². The molecule has 126 valence electrons. The summed E-state index contributed by atoms with van der Waals surface area (Å²) >= 11 is 0. The van der Waals surface area contributed by atoms with Crippen LogP contribution in [-0.4, -0.2) is 70.0 Å². The van der Waals surface area contributed by atoms with Crippen LogP contribution in [0.25, 0.3) is 0 Å². The van der Waals surface area contributed by atoms with E-state index in [1.165, 1.54) is 4.90 Å². The van der Waals surface area contributed by atoms with Crippen molar-refractivity contribution in [3.8, 4) is 0 Å². The molecule has 0 bridgehead atoms. The van der Waals surface area contributed by atoms with E-state index in [0.717, 1.165) is 4.90 Å². The first-order chi connectivity index (χ1) is 10.2. The molecule has 22 heavy (non-hydrogen) atoms. The fourth-order valence-electron chi connectivity index (χ4n) is 3.39. The van der Waals surface area contributed by atoms with Crippen LogP contribution in [0.4, 0.5) is 18.0 Å². The zero-order valence-corrected chi connectivity index (χ0v) is 11.9. The van der Waals surface area contributed by atoms with E-state index >= 15 is 0 Å². The molecule has 0 spiro atoms. The predicted molar refractivity (Wildman–Crippen MR) is 69.5 cm³/mol. The highest BCUT2D eigenvalue weighted by Gasteiger charge is 2.47. The largest absolute Gasteiger partial charge is 0.481 e. The van der Waals surface area contributed by atoms with Crippen molar-refractivity contribution in [2.45, 2.75) is 43.9 Å². The highest BCUT2D eigenvalue weighted by molar-refractivity contribution is 5.71. The van der Waals surface area contributed by atoms with Gasteiger partial charge in [-0.15, -0.1) is 0 Å². The fraction of sp³-hybridized carbons (Fsp3) is 0.846. The quantitative estimate of drug-likeness (QED) is 0.828. The van der Waals surface area contributed by atoms with Crippen LogP contribution in [0.1, 0.15) is 25.7 Å². The molecule has 0 aromatic heterocycles. The lowest BCUT2D eigenvalue weighted by Crippen LogP contribution is -2.54. The molecule has 2 aliphatic heterocycles. The number of piperidine rings is 1. The van der Waals surface area contributed by atoms with Gasteiger partial charge in [-0.3, -0.25) is 9.69 Å². The van der Waals surface area contributed by atoms with E-state index in [2.05, 4.69) is 0 Å². The molecule has 9 heteroatoms. The molecular formula is C13H19F3N2O4. The second kappa shape index (κ2) is 6.31. The van der Waals surface area contributed by atoms with Crippen LogP contribution in [0.2, 0.25) is 0 Å². The number of likely N-dealkylation sites (tertiary alicyclic amines) is 2. The van der Waals surface area contributed by atoms with Gasteiger partial charge in [-0.25, -0.2) is 4.79 Å². The smallest absolute Gasteiger partial charge is 0.407 e. The summed E-state index contributed by atoms with van der Waals surface area (Å²) in [7, 11) is 0. The Balaban J connectivity index is 2.09. The first-order valence-electron chi connectivity index (χ1n) is 7.23. The van der Waals surface area contributed by atoms with Gasteiger partial charge in [0.15, 0.2) is 0 Å². The average molecular weight is 324 g/mol. The number of hydrogen-bond donors (Lipinski definition) is 2. The molecule has 2 heterocycles. The molecular weight excluding hydrogens is 305 g/mol. The van der Waals surface area contributed by atoms with Gasteiger partial charge >= 0.3 is 18.2 Å². The molecule has 2 rings (SSSR count). The minimum atomic E-state index is -4.34. The molecule has 3 atom stereocenters. The van der Waals surface area contributed by atoms with Crippen molar-refractivity contribution in [1.29, 1.82) is 0 Å². The number of hydrogen-bond acceptors (Lipinski definition) is 3. The van der Waals surface area contributed by atoms with Gasteiger partial charge in [0, 0.05) is 19.1 Å². The first kappa shape index (κ1) is 16.9. The summed E-state index contributed by atoms with van der Waals surface area (Å²) in [6.45, 7) is 0.230. The predicted octanol–water partition coefficient (Wildman–Crippen LogP) is 1.86. The van der Waals surface area contributed by atoms with Crippen LogP contribution in [0.3, 0.4) is 0 Å². The molecule has 0 aliphatic carbocycles. The van der Waals surface area contributed by atoms with E-state index in [4.69, 9.17) is 5.11 Å². The van der Waals surface area contributed by atoms with Crippen LogP contribution in [0.5, 0.6) is 0 Å². The minimum Gasteiger partial charge on any atom is -0.481 e. The normalized spacial score (nSPS) is 30.5. The van der Waals surface area contributed by atoms with Crippen LogP contribution >= 0.6 is 0 Å². The number of carbonyl (C=O) groups is 2. The summed E-state index contributed by atoms with van der Waals surface area (Å²) in [5.41, 5.74) is 0. The van der Waals surface area contributed by atoms with Crippen molar-refractivity contribution < 1.29 is 33.0 Å². The lowest BCUT2D eigenvalue weighted by Gasteiger charge is -2.39. The zero-order chi connectivity index (χ0) is 16.5. The van der Waals surface area contributed by atoms with Gasteiger partial charge in [-0.05, 0) is 32.2 Å². The number of carboxylic acids is 1. The number of halogens is 3. The van der Waals surface area contributed by atoms with Gasteiger partial charge in [0.25, 0.3) is 0 Å². The highest BCUT2D eigenvalue weighted by Crippen LogP contribution is 2.34. The maximum atomic E-state index is 13.0. The van der Waals surface area contributed by atoms with Crippen molar-refractivity contribution in [3.05, 3.63) is 0 Å². The number of amides is 1. The minimum absolute atomic E-state index is 0.00561. The van der Waals surface area contributed by atoms with Crippen LogP contribution in [0.15, 0.2) is 0 Å². The van der Waals surface area contributed by atoms with E-state index in [9.17, 15) is 27.9 Å². The number of aliphatic carboxylic acids is 1. The summed E-state index contributed by atoms with van der Waals surface area (Å²) in [5, 5.41) is 18.2. The summed E-state index contributed by atoms with van der Waals surface area (Å²) in [6, 6.07) is -2.27. The molecule has 1 amide bonds. The Bertz CT molecular complexity index is 443. The van der Waals surface area contributed by atoms with Crippen molar-refractivity contribution in [2.24, 2.45) is 5.92 Å². The maximum absolute atomic E-state index is 13.0. The third kappa shape index (κ3) is 3.63. The molecule has 0 saturated carbocycles. The van der Waals surface area contributed by atoms with Crippen molar-refractivity contribution in [3.63, 3.8) is 0 Å². The van der Waals surface area contributed by atoms with E-state index in [0.29, 0.717) is 6.42 Å². The summed E-state index contributed by atoms with van der Waals surface area (Å²) < 4.78 is 38.9. The van der Waals surface area contributed by atoms with Gasteiger partial charge in [0.05, 0.1) is 5.92 Å². The van der Waals surface area contributed by atoms with E-state index in [-0.39, 0.29) is 38.9 Å². The summed E-state index contributed by atoms with van der Waals surface area (Å²) in [5.74, 6) is -1.73. The standard InChI is InChI=1S/C13H19F3N2O4/c14-13(15,16)10-2-1-4-17(10)7-9-6-8(11(19)20)3-5-18(9)12(21)22/h8-10H,1-7H2,(H,19,20)(H,21,22)/t8?,9?,10-/m1/s1. The Hall–Kier alpha value is -1.51.